The topological polar surface area (TPSA) is 75.5 Å². The van der Waals surface area contributed by atoms with Gasteiger partial charge in [0, 0.05) is 46.2 Å². The number of benzene rings is 1. The van der Waals surface area contributed by atoms with Crippen LogP contribution in [0.15, 0.2) is 41.7 Å². The summed E-state index contributed by atoms with van der Waals surface area (Å²) in [4.78, 5) is 19.9. The summed E-state index contributed by atoms with van der Waals surface area (Å²) in [6.45, 7) is 7.40. The maximum Gasteiger partial charge on any atom is 0.227 e. The lowest BCUT2D eigenvalue weighted by Gasteiger charge is -2.34. The van der Waals surface area contributed by atoms with Crippen LogP contribution in [0.2, 0.25) is 0 Å². The number of amides is 1. The molecule has 1 aromatic carbocycles. The maximum atomic E-state index is 12.5. The first-order valence-electron chi connectivity index (χ1n) is 9.69. The molecule has 1 aliphatic heterocycles. The van der Waals surface area contributed by atoms with Crippen molar-refractivity contribution in [1.82, 2.24) is 19.4 Å². The second kappa shape index (κ2) is 8.87. The van der Waals surface area contributed by atoms with Gasteiger partial charge < -0.3 is 9.47 Å². The van der Waals surface area contributed by atoms with Crippen LogP contribution < -0.4 is 0 Å². The Hall–Kier alpha value is -2.19. The summed E-state index contributed by atoms with van der Waals surface area (Å²) < 4.78 is 26.9. The molecule has 0 radical (unpaired) electrons. The van der Waals surface area contributed by atoms with Crippen molar-refractivity contribution in [3.8, 4) is 0 Å². The van der Waals surface area contributed by atoms with Crippen LogP contribution in [0, 0.1) is 0 Å². The zero-order chi connectivity index (χ0) is 20.1. The predicted octanol–water partition coefficient (Wildman–Crippen LogP) is 1.58. The zero-order valence-corrected chi connectivity index (χ0v) is 17.4. The highest BCUT2D eigenvalue weighted by Gasteiger charge is 2.24. The van der Waals surface area contributed by atoms with Crippen molar-refractivity contribution in [2.24, 2.45) is 0 Å². The fourth-order valence-corrected chi connectivity index (χ4v) is 4.49. The fraction of sp³-hybridized carbons (Fsp3) is 0.500. The summed E-state index contributed by atoms with van der Waals surface area (Å²) in [6.07, 6.45) is 2.43. The average molecular weight is 405 g/mol. The molecule has 1 aromatic heterocycles. The normalized spacial score (nSPS) is 15.7. The molecule has 8 heteroatoms. The molecule has 1 aliphatic rings. The highest BCUT2D eigenvalue weighted by Crippen LogP contribution is 2.17. The highest BCUT2D eigenvalue weighted by molar-refractivity contribution is 7.91. The molecule has 0 N–H and O–H groups in total. The van der Waals surface area contributed by atoms with Gasteiger partial charge in [0.1, 0.15) is 0 Å². The molecule has 1 saturated heterocycles. The van der Waals surface area contributed by atoms with E-state index >= 15 is 0 Å². The first-order chi connectivity index (χ1) is 13.4. The summed E-state index contributed by atoms with van der Waals surface area (Å²) in [5, 5.41) is 0.156. The Morgan fingerprint density at radius 2 is 1.79 bits per heavy atom. The van der Waals surface area contributed by atoms with Crippen molar-refractivity contribution in [3.63, 3.8) is 0 Å². The van der Waals surface area contributed by atoms with E-state index in [9.17, 15) is 13.2 Å². The third-order valence-corrected chi connectivity index (χ3v) is 6.87. The number of imidazole rings is 1. The van der Waals surface area contributed by atoms with Crippen molar-refractivity contribution in [1.29, 1.82) is 0 Å². The summed E-state index contributed by atoms with van der Waals surface area (Å²) in [6, 6.07) is 10.0. The molecule has 0 aliphatic carbocycles. The molecule has 3 rings (SSSR count). The lowest BCUT2D eigenvalue weighted by Crippen LogP contribution is -2.47. The van der Waals surface area contributed by atoms with Crippen molar-refractivity contribution < 1.29 is 13.2 Å². The van der Waals surface area contributed by atoms with Crippen molar-refractivity contribution in [2.45, 2.75) is 38.5 Å². The minimum atomic E-state index is -3.39. The number of nitrogens with zero attached hydrogens (tertiary/aromatic N) is 4. The Morgan fingerprint density at radius 3 is 2.39 bits per heavy atom. The van der Waals surface area contributed by atoms with Gasteiger partial charge in [-0.1, -0.05) is 37.3 Å². The SMILES string of the molecule is CCS(=O)(=O)c1ncc(CN2CCN(C(C)=O)CC2)n1CCc1ccccc1. The van der Waals surface area contributed by atoms with E-state index in [1.165, 1.54) is 0 Å². The molecular formula is C20H28N4O3S. The Morgan fingerprint density at radius 1 is 1.11 bits per heavy atom. The number of hydrogen-bond acceptors (Lipinski definition) is 5. The summed E-state index contributed by atoms with van der Waals surface area (Å²) >= 11 is 0. The monoisotopic (exact) mass is 404 g/mol. The fourth-order valence-electron chi connectivity index (χ4n) is 3.47. The number of aryl methyl sites for hydroxylation is 1. The van der Waals surface area contributed by atoms with E-state index in [1.807, 2.05) is 39.8 Å². The number of sulfone groups is 1. The largest absolute Gasteiger partial charge is 0.340 e. The van der Waals surface area contributed by atoms with Gasteiger partial charge >= 0.3 is 0 Å². The lowest BCUT2D eigenvalue weighted by atomic mass is 10.1. The summed E-state index contributed by atoms with van der Waals surface area (Å²) in [7, 11) is -3.39. The van der Waals surface area contributed by atoms with E-state index < -0.39 is 9.84 Å². The van der Waals surface area contributed by atoms with Crippen LogP contribution in [0.1, 0.15) is 25.1 Å². The first-order valence-corrected chi connectivity index (χ1v) is 11.3. The van der Waals surface area contributed by atoms with Gasteiger partial charge in [0.2, 0.25) is 20.9 Å². The Balaban J connectivity index is 1.77. The minimum absolute atomic E-state index is 0.0338. The molecule has 0 spiro atoms. The molecule has 0 bridgehead atoms. The molecule has 0 atom stereocenters. The molecule has 7 nitrogen and oxygen atoms in total. The van der Waals surface area contributed by atoms with Crippen LogP contribution in [0.3, 0.4) is 0 Å². The molecule has 2 heterocycles. The van der Waals surface area contributed by atoms with Crippen LogP contribution in [0.4, 0.5) is 0 Å². The number of aromatic nitrogens is 2. The Bertz CT molecular complexity index is 901. The van der Waals surface area contributed by atoms with Gasteiger partial charge in [-0.2, -0.15) is 0 Å². The van der Waals surface area contributed by atoms with Crippen molar-refractivity contribution >= 4 is 15.7 Å². The number of rotatable bonds is 7. The third-order valence-electron chi connectivity index (χ3n) is 5.23. The zero-order valence-electron chi connectivity index (χ0n) is 16.5. The second-order valence-electron chi connectivity index (χ2n) is 7.10. The third kappa shape index (κ3) is 4.80. The summed E-state index contributed by atoms with van der Waals surface area (Å²) in [5.74, 6) is 0.135. The Labute approximate surface area is 166 Å². The smallest absolute Gasteiger partial charge is 0.227 e. The number of carbonyl (C=O) groups is 1. The molecular weight excluding hydrogens is 376 g/mol. The lowest BCUT2D eigenvalue weighted by molar-refractivity contribution is -0.130. The average Bonchev–Trinajstić information content (AvgIpc) is 3.11. The molecule has 0 saturated carbocycles. The van der Waals surface area contributed by atoms with Crippen LogP contribution in [-0.4, -0.2) is 65.6 Å². The van der Waals surface area contributed by atoms with Gasteiger partial charge in [-0.25, -0.2) is 13.4 Å². The van der Waals surface area contributed by atoms with Gasteiger partial charge in [-0.3, -0.25) is 9.69 Å². The number of carbonyl (C=O) groups excluding carboxylic acids is 1. The molecule has 0 unspecified atom stereocenters. The van der Waals surface area contributed by atoms with Crippen LogP contribution in [-0.2, 0) is 34.1 Å². The standard InChI is InChI=1S/C20H28N4O3S/c1-3-28(26,27)20-21-15-19(16-22-11-13-23(14-12-22)17(2)25)24(20)10-9-18-7-5-4-6-8-18/h4-8,15H,3,9-14,16H2,1-2H3. The van der Waals surface area contributed by atoms with E-state index in [-0.39, 0.29) is 16.8 Å². The van der Waals surface area contributed by atoms with Crippen LogP contribution in [0.5, 0.6) is 0 Å². The number of piperazine rings is 1. The van der Waals surface area contributed by atoms with E-state index in [0.29, 0.717) is 26.2 Å². The molecule has 1 fully saturated rings. The van der Waals surface area contributed by atoms with Crippen molar-refractivity contribution in [2.75, 3.05) is 31.9 Å². The molecule has 2 aromatic rings. The minimum Gasteiger partial charge on any atom is -0.340 e. The molecule has 152 valence electrons. The predicted molar refractivity (Wildman–Crippen MR) is 108 cm³/mol. The molecule has 1 amide bonds. The van der Waals surface area contributed by atoms with E-state index in [2.05, 4.69) is 9.88 Å². The number of hydrogen-bond donors (Lipinski definition) is 0. The van der Waals surface area contributed by atoms with Gasteiger partial charge in [0.05, 0.1) is 17.6 Å². The second-order valence-corrected chi connectivity index (χ2v) is 9.28. The summed E-state index contributed by atoms with van der Waals surface area (Å²) in [5.41, 5.74) is 2.07. The van der Waals surface area contributed by atoms with Gasteiger partial charge in [-0.15, -0.1) is 0 Å². The van der Waals surface area contributed by atoms with Crippen molar-refractivity contribution in [3.05, 3.63) is 47.8 Å². The maximum absolute atomic E-state index is 12.5. The highest BCUT2D eigenvalue weighted by atomic mass is 32.2. The van der Waals surface area contributed by atoms with Gasteiger partial charge in [-0.05, 0) is 12.0 Å². The van der Waals surface area contributed by atoms with Crippen LogP contribution in [0.25, 0.3) is 0 Å². The van der Waals surface area contributed by atoms with Crippen LogP contribution >= 0.6 is 0 Å². The Kier molecular flexibility index (Phi) is 6.51. The van der Waals surface area contributed by atoms with E-state index in [1.54, 1.807) is 20.0 Å². The first kappa shape index (κ1) is 20.5. The van der Waals surface area contributed by atoms with Gasteiger partial charge in [0.15, 0.2) is 0 Å². The molecule has 28 heavy (non-hydrogen) atoms. The van der Waals surface area contributed by atoms with E-state index in [0.717, 1.165) is 30.8 Å². The quantitative estimate of drug-likeness (QED) is 0.700. The van der Waals surface area contributed by atoms with E-state index in [4.69, 9.17) is 0 Å². The van der Waals surface area contributed by atoms with Gasteiger partial charge in [0.25, 0.3) is 0 Å².